The molecule has 0 aromatic carbocycles. The molecule has 1 spiro atoms. The van der Waals surface area contributed by atoms with Gasteiger partial charge in [-0.05, 0) is 68.9 Å². The van der Waals surface area contributed by atoms with Crippen LogP contribution in [0.15, 0.2) is 33.8 Å². The summed E-state index contributed by atoms with van der Waals surface area (Å²) in [5.41, 5.74) is 4.08. The zero-order valence-electron chi connectivity index (χ0n) is 21.6. The Morgan fingerprint density at radius 1 is 1.11 bits per heavy atom. The number of nitrogens with one attached hydrogen (secondary N) is 1. The number of pyridine rings is 2. The Labute approximate surface area is 225 Å². The van der Waals surface area contributed by atoms with Gasteiger partial charge in [-0.3, -0.25) is 14.5 Å². The molecule has 10 heteroatoms. The highest BCUT2D eigenvalue weighted by Gasteiger charge is 2.47. The number of hydrogen-bond donors (Lipinski definition) is 1. The molecule has 3 aliphatic rings. The lowest BCUT2D eigenvalue weighted by atomic mass is 9.75. The maximum Gasteiger partial charge on any atom is 0.439 e. The van der Waals surface area contributed by atoms with Gasteiger partial charge < -0.3 is 9.47 Å². The van der Waals surface area contributed by atoms with Gasteiger partial charge in [0.25, 0.3) is 0 Å². The largest absolute Gasteiger partial charge is 0.439 e. The smallest absolute Gasteiger partial charge is 0.337 e. The summed E-state index contributed by atoms with van der Waals surface area (Å²) >= 11 is 6.39. The van der Waals surface area contributed by atoms with Crippen molar-refractivity contribution in [2.45, 2.75) is 76.8 Å². The molecule has 7 rings (SSSR count). The lowest BCUT2D eigenvalue weighted by Crippen LogP contribution is -2.50. The highest BCUT2D eigenvalue weighted by molar-refractivity contribution is 6.30. The van der Waals surface area contributed by atoms with Gasteiger partial charge in [0.1, 0.15) is 5.69 Å². The summed E-state index contributed by atoms with van der Waals surface area (Å²) < 4.78 is 7.23. The summed E-state index contributed by atoms with van der Waals surface area (Å²) in [6, 6.07) is 3.80. The van der Waals surface area contributed by atoms with Crippen molar-refractivity contribution in [3.8, 4) is 22.8 Å². The average molecular weight is 534 g/mol. The Hall–Kier alpha value is -3.20. The van der Waals surface area contributed by atoms with Crippen LogP contribution in [0.1, 0.15) is 64.7 Å². The second kappa shape index (κ2) is 9.22. The molecule has 198 valence electrons. The number of aromatic amines is 1. The van der Waals surface area contributed by atoms with Crippen LogP contribution in [0.4, 0.5) is 5.95 Å². The molecular formula is C28H32ClN7O2. The van der Waals surface area contributed by atoms with E-state index in [1.807, 2.05) is 12.1 Å². The lowest BCUT2D eigenvalue weighted by molar-refractivity contribution is 0.242. The molecule has 38 heavy (non-hydrogen) atoms. The fraction of sp³-hybridized carbons (Fsp3) is 0.536. The molecule has 4 aromatic heterocycles. The standard InChI is InChI=1S/C28H32ClN7O2/c1-17-4-6-18(7-5-17)16-35-24-21(32-26(35)36-11-3-10-28(36)8-2-9-28)13-22(25-33-27(37)38-34-25)31-23(24)19-12-20(29)15-30-14-19/h12-15,17-18H,2-11,16H2,1H3,(H,33,34,37). The van der Waals surface area contributed by atoms with Crippen molar-refractivity contribution in [1.82, 2.24) is 29.7 Å². The van der Waals surface area contributed by atoms with E-state index in [9.17, 15) is 4.79 Å². The van der Waals surface area contributed by atoms with Gasteiger partial charge in [-0.15, -0.1) is 0 Å². The molecule has 0 atom stereocenters. The summed E-state index contributed by atoms with van der Waals surface area (Å²) in [6.45, 7) is 4.30. The molecule has 2 aliphatic carbocycles. The van der Waals surface area contributed by atoms with E-state index in [0.717, 1.165) is 47.2 Å². The topological polar surface area (TPSA) is 106 Å². The quantitative estimate of drug-likeness (QED) is 0.343. The number of fused-ring (bicyclic) bond motifs is 1. The van der Waals surface area contributed by atoms with Gasteiger partial charge >= 0.3 is 5.76 Å². The van der Waals surface area contributed by atoms with Gasteiger partial charge in [-0.1, -0.05) is 36.5 Å². The Kier molecular flexibility index (Phi) is 5.80. The minimum Gasteiger partial charge on any atom is -0.337 e. The van der Waals surface area contributed by atoms with E-state index in [1.54, 1.807) is 12.4 Å². The van der Waals surface area contributed by atoms with Crippen molar-refractivity contribution in [3.05, 3.63) is 40.1 Å². The predicted octanol–water partition coefficient (Wildman–Crippen LogP) is 5.84. The number of halogens is 1. The molecular weight excluding hydrogens is 502 g/mol. The van der Waals surface area contributed by atoms with Gasteiger partial charge in [-0.2, -0.15) is 0 Å². The van der Waals surface area contributed by atoms with Crippen molar-refractivity contribution in [2.75, 3.05) is 11.4 Å². The first kappa shape index (κ1) is 23.9. The predicted molar refractivity (Wildman–Crippen MR) is 146 cm³/mol. The summed E-state index contributed by atoms with van der Waals surface area (Å²) in [6.07, 6.45) is 14.6. The van der Waals surface area contributed by atoms with Crippen LogP contribution < -0.4 is 10.7 Å². The van der Waals surface area contributed by atoms with Crippen LogP contribution >= 0.6 is 11.6 Å². The van der Waals surface area contributed by atoms with Crippen LogP contribution in [-0.4, -0.2) is 41.7 Å². The third-order valence-corrected chi connectivity index (χ3v) is 9.27. The molecule has 4 aromatic rings. The molecule has 0 bridgehead atoms. The minimum atomic E-state index is -0.616. The number of rotatable bonds is 5. The Morgan fingerprint density at radius 3 is 2.63 bits per heavy atom. The van der Waals surface area contributed by atoms with E-state index < -0.39 is 5.76 Å². The van der Waals surface area contributed by atoms with E-state index in [-0.39, 0.29) is 11.4 Å². The molecule has 0 radical (unpaired) electrons. The third kappa shape index (κ3) is 4.02. The first-order valence-electron chi connectivity index (χ1n) is 13.9. The number of H-pyrrole nitrogens is 1. The third-order valence-electron chi connectivity index (χ3n) is 9.06. The SMILES string of the molecule is CC1CCC(Cn2c(N3CCCC34CCC4)nc3cc(-c4noc(=O)[nH]4)nc(-c4cncc(Cl)c4)c32)CC1. The molecule has 0 amide bonds. The molecule has 1 saturated heterocycles. The van der Waals surface area contributed by atoms with Crippen molar-refractivity contribution < 1.29 is 4.52 Å². The lowest BCUT2D eigenvalue weighted by Gasteiger charge is -2.46. The highest BCUT2D eigenvalue weighted by atomic mass is 35.5. The Morgan fingerprint density at radius 2 is 1.92 bits per heavy atom. The van der Waals surface area contributed by atoms with Crippen LogP contribution in [0, 0.1) is 11.8 Å². The second-order valence-corrected chi connectivity index (χ2v) is 12.0. The van der Waals surface area contributed by atoms with Gasteiger partial charge in [0.2, 0.25) is 11.8 Å². The van der Waals surface area contributed by atoms with Crippen LogP contribution in [0.3, 0.4) is 0 Å². The normalized spacial score (nSPS) is 22.8. The maximum absolute atomic E-state index is 11.7. The Balaban J connectivity index is 1.45. The molecule has 9 nitrogen and oxygen atoms in total. The summed E-state index contributed by atoms with van der Waals surface area (Å²) in [5.74, 6) is 2.10. The van der Waals surface area contributed by atoms with E-state index in [4.69, 9.17) is 26.1 Å². The van der Waals surface area contributed by atoms with Gasteiger partial charge in [-0.25, -0.2) is 14.8 Å². The molecule has 1 aliphatic heterocycles. The van der Waals surface area contributed by atoms with Crippen molar-refractivity contribution in [1.29, 1.82) is 0 Å². The zero-order chi connectivity index (χ0) is 25.9. The fourth-order valence-electron chi connectivity index (χ4n) is 6.85. The van der Waals surface area contributed by atoms with Crippen LogP contribution in [0.25, 0.3) is 33.8 Å². The molecule has 0 unspecified atom stereocenters. The first-order valence-corrected chi connectivity index (χ1v) is 14.2. The molecule has 5 heterocycles. The van der Waals surface area contributed by atoms with E-state index in [2.05, 4.69) is 31.5 Å². The summed E-state index contributed by atoms with van der Waals surface area (Å²) in [4.78, 5) is 31.6. The van der Waals surface area contributed by atoms with Crippen molar-refractivity contribution >= 4 is 28.6 Å². The number of imidazole rings is 1. The second-order valence-electron chi connectivity index (χ2n) is 11.5. The first-order chi connectivity index (χ1) is 18.5. The zero-order valence-corrected chi connectivity index (χ0v) is 22.4. The van der Waals surface area contributed by atoms with Crippen molar-refractivity contribution in [3.63, 3.8) is 0 Å². The average Bonchev–Trinajstić information content (AvgIpc) is 3.61. The minimum absolute atomic E-state index is 0.228. The number of anilines is 1. The monoisotopic (exact) mass is 533 g/mol. The van der Waals surface area contributed by atoms with Crippen LogP contribution in [0.2, 0.25) is 5.02 Å². The van der Waals surface area contributed by atoms with Gasteiger partial charge in [0, 0.05) is 36.6 Å². The maximum atomic E-state index is 11.7. The van der Waals surface area contributed by atoms with Crippen molar-refractivity contribution in [2.24, 2.45) is 11.8 Å². The summed E-state index contributed by atoms with van der Waals surface area (Å²) in [5, 5.41) is 4.45. The number of nitrogens with zero attached hydrogens (tertiary/aromatic N) is 6. The van der Waals surface area contributed by atoms with Gasteiger partial charge in [0.05, 0.1) is 21.7 Å². The Bertz CT molecular complexity index is 1540. The van der Waals surface area contributed by atoms with E-state index in [1.165, 1.54) is 57.8 Å². The number of hydrogen-bond acceptors (Lipinski definition) is 7. The van der Waals surface area contributed by atoms with E-state index in [0.29, 0.717) is 16.6 Å². The highest BCUT2D eigenvalue weighted by Crippen LogP contribution is 2.48. The summed E-state index contributed by atoms with van der Waals surface area (Å²) in [7, 11) is 0. The fourth-order valence-corrected chi connectivity index (χ4v) is 7.03. The number of aromatic nitrogens is 6. The van der Waals surface area contributed by atoms with Crippen LogP contribution in [0.5, 0.6) is 0 Å². The molecule has 2 saturated carbocycles. The van der Waals surface area contributed by atoms with E-state index >= 15 is 0 Å². The van der Waals surface area contributed by atoms with Crippen LogP contribution in [-0.2, 0) is 6.54 Å². The molecule has 1 N–H and O–H groups in total. The molecule has 3 fully saturated rings. The van der Waals surface area contributed by atoms with Gasteiger partial charge in [0.15, 0.2) is 0 Å².